The van der Waals surface area contributed by atoms with E-state index in [0.29, 0.717) is 0 Å². The molecule has 0 radical (unpaired) electrons. The SMILES string of the molecule is CC(O)C(=O)[O-].OCC(O)CO.[NH4+]. The van der Waals surface area contributed by atoms with Crippen molar-refractivity contribution < 1.29 is 30.3 Å². The van der Waals surface area contributed by atoms with Crippen LogP contribution < -0.4 is 11.3 Å². The van der Waals surface area contributed by atoms with Crippen molar-refractivity contribution >= 4 is 5.97 Å². The second-order valence-corrected chi connectivity index (χ2v) is 2.01. The molecule has 0 amide bonds. The van der Waals surface area contributed by atoms with E-state index in [1.807, 2.05) is 0 Å². The largest absolute Gasteiger partial charge is 0.547 e. The Kier molecular flexibility index (Phi) is 15.7. The summed E-state index contributed by atoms with van der Waals surface area (Å²) in [6.45, 7) is 0.405. The molecule has 0 heterocycles. The van der Waals surface area contributed by atoms with Gasteiger partial charge in [0.25, 0.3) is 0 Å². The maximum absolute atomic E-state index is 9.34. The van der Waals surface area contributed by atoms with Crippen LogP contribution >= 0.6 is 0 Å². The quantitative estimate of drug-likeness (QED) is 0.322. The second kappa shape index (κ2) is 11.3. The van der Waals surface area contributed by atoms with Crippen molar-refractivity contribution in [1.29, 1.82) is 0 Å². The number of rotatable bonds is 3. The van der Waals surface area contributed by atoms with Crippen LogP contribution in [-0.4, -0.2) is 51.8 Å². The van der Waals surface area contributed by atoms with Gasteiger partial charge in [-0.05, 0) is 6.92 Å². The number of carbonyl (C=O) groups is 1. The maximum atomic E-state index is 9.34. The minimum absolute atomic E-state index is 0. The molecule has 82 valence electrons. The standard InChI is InChI=1S/C3H8O3.C3H6O3.H3N/c4-1-3(6)2-5;1-2(4)3(5)6;/h3-6H,1-2H2;2,4H,1H3,(H,5,6);1H3. The van der Waals surface area contributed by atoms with E-state index in [4.69, 9.17) is 20.4 Å². The number of aliphatic hydroxyl groups is 4. The summed E-state index contributed by atoms with van der Waals surface area (Å²) in [5, 5.41) is 41.3. The average Bonchev–Trinajstić information content (AvgIpc) is 2.04. The third-order valence-electron chi connectivity index (χ3n) is 0.763. The minimum atomic E-state index is -1.44. The molecule has 1 atom stereocenters. The molecule has 13 heavy (non-hydrogen) atoms. The predicted octanol–water partition coefficient (Wildman–Crippen LogP) is -3.17. The van der Waals surface area contributed by atoms with E-state index in [1.54, 1.807) is 0 Å². The molecule has 0 fully saturated rings. The fourth-order valence-corrected chi connectivity index (χ4v) is 0.0577. The first-order valence-corrected chi connectivity index (χ1v) is 3.24. The third kappa shape index (κ3) is 18.3. The van der Waals surface area contributed by atoms with Gasteiger partial charge in [-0.25, -0.2) is 0 Å². The van der Waals surface area contributed by atoms with Gasteiger partial charge in [-0.3, -0.25) is 0 Å². The zero-order chi connectivity index (χ0) is 10.1. The fraction of sp³-hybridized carbons (Fsp3) is 0.833. The van der Waals surface area contributed by atoms with Crippen molar-refractivity contribution in [3.8, 4) is 0 Å². The van der Waals surface area contributed by atoms with Crippen molar-refractivity contribution in [3.63, 3.8) is 0 Å². The highest BCUT2D eigenvalue weighted by Gasteiger charge is 1.93. The Morgan fingerprint density at radius 1 is 1.31 bits per heavy atom. The van der Waals surface area contributed by atoms with E-state index in [-0.39, 0.29) is 19.4 Å². The van der Waals surface area contributed by atoms with E-state index >= 15 is 0 Å². The maximum Gasteiger partial charge on any atom is 0.100 e. The van der Waals surface area contributed by atoms with E-state index in [2.05, 4.69) is 0 Å². The van der Waals surface area contributed by atoms with Gasteiger partial charge < -0.3 is 36.5 Å². The topological polar surface area (TPSA) is 158 Å². The minimum Gasteiger partial charge on any atom is -0.547 e. The number of hydrogen-bond acceptors (Lipinski definition) is 6. The van der Waals surface area contributed by atoms with Gasteiger partial charge in [0.15, 0.2) is 0 Å². The number of quaternary nitrogens is 1. The molecule has 7 nitrogen and oxygen atoms in total. The summed E-state index contributed by atoms with van der Waals surface area (Å²) in [5.74, 6) is -1.44. The molecule has 1 unspecified atom stereocenters. The zero-order valence-corrected chi connectivity index (χ0v) is 7.67. The number of carboxylic acid groups (broad SMARTS) is 1. The monoisotopic (exact) mass is 199 g/mol. The number of aliphatic hydroxyl groups excluding tert-OH is 4. The summed E-state index contributed by atoms with van der Waals surface area (Å²) < 4.78 is 0. The van der Waals surface area contributed by atoms with Gasteiger partial charge in [0.1, 0.15) is 6.10 Å². The lowest BCUT2D eigenvalue weighted by Crippen LogP contribution is -2.32. The first-order valence-electron chi connectivity index (χ1n) is 3.24. The predicted molar refractivity (Wildman–Crippen MR) is 42.9 cm³/mol. The van der Waals surface area contributed by atoms with E-state index in [9.17, 15) is 9.90 Å². The first kappa shape index (κ1) is 18.1. The van der Waals surface area contributed by atoms with Gasteiger partial charge in [0.2, 0.25) is 0 Å². The Morgan fingerprint density at radius 3 is 1.54 bits per heavy atom. The molecule has 0 aliphatic carbocycles. The molecule has 8 N–H and O–H groups in total. The van der Waals surface area contributed by atoms with Crippen LogP contribution in [0.5, 0.6) is 0 Å². The molecule has 0 aliphatic rings. The summed E-state index contributed by atoms with van der Waals surface area (Å²) >= 11 is 0. The molecule has 0 aliphatic heterocycles. The van der Waals surface area contributed by atoms with Gasteiger partial charge in [-0.1, -0.05) is 0 Å². The van der Waals surface area contributed by atoms with Gasteiger partial charge >= 0.3 is 0 Å². The highest BCUT2D eigenvalue weighted by molar-refractivity contribution is 5.68. The number of carboxylic acids is 1. The second-order valence-electron chi connectivity index (χ2n) is 2.01. The van der Waals surface area contributed by atoms with E-state index in [0.717, 1.165) is 6.92 Å². The first-order chi connectivity index (χ1) is 5.45. The molecule has 0 aromatic carbocycles. The molecule has 0 saturated heterocycles. The lowest BCUT2D eigenvalue weighted by molar-refractivity contribution is -0.314. The number of aliphatic carboxylic acids is 1. The Bertz CT molecular complexity index is 114. The van der Waals surface area contributed by atoms with Crippen LogP contribution in [0.3, 0.4) is 0 Å². The van der Waals surface area contributed by atoms with E-state index in [1.165, 1.54) is 0 Å². The normalized spacial score (nSPS) is 10.9. The van der Waals surface area contributed by atoms with Crippen LogP contribution in [0.25, 0.3) is 0 Å². The Hall–Kier alpha value is -0.730. The van der Waals surface area contributed by atoms with Crippen LogP contribution in [0.2, 0.25) is 0 Å². The Morgan fingerprint density at radius 2 is 1.54 bits per heavy atom. The Labute approximate surface area is 75.8 Å². The smallest absolute Gasteiger partial charge is 0.100 e. The fourth-order valence-electron chi connectivity index (χ4n) is 0.0577. The molecule has 7 heteroatoms. The molecule has 0 aromatic rings. The number of hydrogen-bond donors (Lipinski definition) is 5. The summed E-state index contributed by atoms with van der Waals surface area (Å²) in [5.41, 5.74) is 0. The summed E-state index contributed by atoms with van der Waals surface area (Å²) in [7, 11) is 0. The van der Waals surface area contributed by atoms with Crippen molar-refractivity contribution in [3.05, 3.63) is 0 Å². The molecule has 0 spiro atoms. The third-order valence-corrected chi connectivity index (χ3v) is 0.763. The lowest BCUT2D eigenvalue weighted by Gasteiger charge is -2.00. The molecule has 0 bridgehead atoms. The Balaban J connectivity index is -0.000000143. The van der Waals surface area contributed by atoms with Gasteiger partial charge in [0.05, 0.1) is 25.3 Å². The summed E-state index contributed by atoms with van der Waals surface area (Å²) in [6.07, 6.45) is -2.30. The van der Waals surface area contributed by atoms with Crippen molar-refractivity contribution in [1.82, 2.24) is 6.15 Å². The van der Waals surface area contributed by atoms with Crippen LogP contribution in [0.15, 0.2) is 0 Å². The summed E-state index contributed by atoms with van der Waals surface area (Å²) in [4.78, 5) is 9.34. The van der Waals surface area contributed by atoms with Crippen molar-refractivity contribution in [2.45, 2.75) is 19.1 Å². The van der Waals surface area contributed by atoms with Crippen LogP contribution in [0.1, 0.15) is 6.92 Å². The van der Waals surface area contributed by atoms with E-state index < -0.39 is 18.2 Å². The van der Waals surface area contributed by atoms with Crippen LogP contribution in [0, 0.1) is 0 Å². The van der Waals surface area contributed by atoms with Crippen molar-refractivity contribution in [2.24, 2.45) is 0 Å². The van der Waals surface area contributed by atoms with Crippen LogP contribution in [0.4, 0.5) is 0 Å². The highest BCUT2D eigenvalue weighted by Crippen LogP contribution is 1.71. The number of carbonyl (C=O) groups excluding carboxylic acids is 1. The average molecular weight is 199 g/mol. The van der Waals surface area contributed by atoms with Gasteiger partial charge in [0, 0.05) is 0 Å². The van der Waals surface area contributed by atoms with Gasteiger partial charge in [-0.15, -0.1) is 0 Å². The molecular formula is C6H17NO6. The lowest BCUT2D eigenvalue weighted by atomic mass is 10.4. The molecule has 0 aromatic heterocycles. The van der Waals surface area contributed by atoms with Crippen molar-refractivity contribution in [2.75, 3.05) is 13.2 Å². The highest BCUT2D eigenvalue weighted by atomic mass is 16.4. The van der Waals surface area contributed by atoms with Crippen LogP contribution in [-0.2, 0) is 4.79 Å². The zero-order valence-electron chi connectivity index (χ0n) is 7.67. The molecule has 0 rings (SSSR count). The molecular weight excluding hydrogens is 182 g/mol. The molecule has 0 saturated carbocycles. The van der Waals surface area contributed by atoms with Gasteiger partial charge in [-0.2, -0.15) is 0 Å². The summed E-state index contributed by atoms with van der Waals surface area (Å²) in [6, 6.07) is 0.